The number of para-hydroxylation sites is 3. The molecule has 0 saturated carbocycles. The number of hydrogen-bond donors (Lipinski definition) is 1. The van der Waals surface area contributed by atoms with Crippen LogP contribution in [0.5, 0.6) is 5.75 Å². The van der Waals surface area contributed by atoms with Crippen LogP contribution >= 0.6 is 11.6 Å². The van der Waals surface area contributed by atoms with Gasteiger partial charge in [0.15, 0.2) is 0 Å². The maximum atomic E-state index is 12.3. The fourth-order valence-corrected chi connectivity index (χ4v) is 4.65. The molecular formula is C30H34ClN3O2. The molecule has 36 heavy (non-hydrogen) atoms. The molecule has 0 aliphatic rings. The van der Waals surface area contributed by atoms with E-state index in [1.54, 1.807) is 12.1 Å². The number of imidazole rings is 1. The zero-order valence-electron chi connectivity index (χ0n) is 21.0. The van der Waals surface area contributed by atoms with Gasteiger partial charge in [0.2, 0.25) is 0 Å². The monoisotopic (exact) mass is 503 g/mol. The average molecular weight is 504 g/mol. The molecule has 0 fully saturated rings. The van der Waals surface area contributed by atoms with Crippen LogP contribution in [0, 0.1) is 0 Å². The van der Waals surface area contributed by atoms with E-state index in [1.165, 1.54) is 5.56 Å². The molecular weight excluding hydrogens is 470 g/mol. The summed E-state index contributed by atoms with van der Waals surface area (Å²) >= 11 is 6.11. The number of benzene rings is 3. The summed E-state index contributed by atoms with van der Waals surface area (Å²) in [6.07, 6.45) is 3.80. The SMILES string of the molecule is CC(C)c1ccccc1OCCn1c(CCCCCNC(=O)c2ccccc2Cl)nc2ccccc21. The largest absolute Gasteiger partial charge is 0.491 e. The van der Waals surface area contributed by atoms with Crippen LogP contribution in [0.2, 0.25) is 5.02 Å². The first-order valence-corrected chi connectivity index (χ1v) is 13.1. The van der Waals surface area contributed by atoms with Crippen LogP contribution in [0.3, 0.4) is 0 Å². The number of fused-ring (bicyclic) bond motifs is 1. The zero-order valence-corrected chi connectivity index (χ0v) is 21.8. The quantitative estimate of drug-likeness (QED) is 0.211. The lowest BCUT2D eigenvalue weighted by atomic mass is 10.0. The van der Waals surface area contributed by atoms with Gasteiger partial charge < -0.3 is 14.6 Å². The molecule has 0 bridgehead atoms. The number of nitrogens with one attached hydrogen (secondary N) is 1. The Morgan fingerprint density at radius 3 is 2.56 bits per heavy atom. The molecule has 1 heterocycles. The van der Waals surface area contributed by atoms with Crippen LogP contribution in [0.25, 0.3) is 11.0 Å². The summed E-state index contributed by atoms with van der Waals surface area (Å²) in [4.78, 5) is 17.2. The maximum Gasteiger partial charge on any atom is 0.252 e. The molecule has 6 heteroatoms. The molecule has 1 amide bonds. The van der Waals surface area contributed by atoms with Crippen LogP contribution in [0.15, 0.2) is 72.8 Å². The van der Waals surface area contributed by atoms with Crippen molar-refractivity contribution in [2.45, 2.75) is 52.0 Å². The van der Waals surface area contributed by atoms with Crippen molar-refractivity contribution in [2.75, 3.05) is 13.2 Å². The number of aromatic nitrogens is 2. The minimum atomic E-state index is -0.124. The Hall–Kier alpha value is -3.31. The van der Waals surface area contributed by atoms with Gasteiger partial charge in [-0.15, -0.1) is 0 Å². The Kier molecular flexibility index (Phi) is 9.01. The summed E-state index contributed by atoms with van der Waals surface area (Å²) in [6, 6.07) is 23.7. The minimum Gasteiger partial charge on any atom is -0.491 e. The number of carbonyl (C=O) groups excluding carboxylic acids is 1. The molecule has 3 aromatic carbocycles. The van der Waals surface area contributed by atoms with Crippen molar-refractivity contribution in [3.63, 3.8) is 0 Å². The smallest absolute Gasteiger partial charge is 0.252 e. The Labute approximate surface area is 218 Å². The van der Waals surface area contributed by atoms with Crippen molar-refractivity contribution in [3.8, 4) is 5.75 Å². The van der Waals surface area contributed by atoms with Gasteiger partial charge in [-0.05, 0) is 54.7 Å². The number of amides is 1. The topological polar surface area (TPSA) is 56.1 Å². The molecule has 1 N–H and O–H groups in total. The van der Waals surface area contributed by atoms with Crippen molar-refractivity contribution in [1.29, 1.82) is 0 Å². The predicted octanol–water partition coefficient (Wildman–Crippen LogP) is 7.03. The van der Waals surface area contributed by atoms with Crippen molar-refractivity contribution >= 4 is 28.5 Å². The van der Waals surface area contributed by atoms with Gasteiger partial charge in [0.1, 0.15) is 18.2 Å². The fourth-order valence-electron chi connectivity index (χ4n) is 4.43. The number of aryl methyl sites for hydroxylation is 1. The molecule has 0 radical (unpaired) electrons. The first-order chi connectivity index (χ1) is 17.5. The molecule has 0 aliphatic heterocycles. The molecule has 0 aliphatic carbocycles. The summed E-state index contributed by atoms with van der Waals surface area (Å²) in [5.41, 5.74) is 3.91. The van der Waals surface area contributed by atoms with Crippen LogP contribution < -0.4 is 10.1 Å². The van der Waals surface area contributed by atoms with E-state index in [0.717, 1.165) is 54.8 Å². The average Bonchev–Trinajstić information content (AvgIpc) is 3.23. The lowest BCUT2D eigenvalue weighted by Gasteiger charge is -2.15. The number of halogens is 1. The third-order valence-electron chi connectivity index (χ3n) is 6.33. The number of ether oxygens (including phenoxy) is 1. The van der Waals surface area contributed by atoms with Gasteiger partial charge in [0, 0.05) is 13.0 Å². The van der Waals surface area contributed by atoms with Crippen molar-refractivity contribution in [3.05, 3.63) is 94.8 Å². The molecule has 188 valence electrons. The fraction of sp³-hybridized carbons (Fsp3) is 0.333. The van der Waals surface area contributed by atoms with Gasteiger partial charge in [0.25, 0.3) is 5.91 Å². The molecule has 1 aromatic heterocycles. The first kappa shape index (κ1) is 25.8. The van der Waals surface area contributed by atoms with E-state index >= 15 is 0 Å². The highest BCUT2D eigenvalue weighted by Gasteiger charge is 2.12. The van der Waals surface area contributed by atoms with E-state index in [9.17, 15) is 4.79 Å². The summed E-state index contributed by atoms with van der Waals surface area (Å²) in [5, 5.41) is 3.44. The Balaban J connectivity index is 1.30. The summed E-state index contributed by atoms with van der Waals surface area (Å²) in [5.74, 6) is 2.33. The molecule has 4 rings (SSSR count). The maximum absolute atomic E-state index is 12.3. The van der Waals surface area contributed by atoms with Crippen LogP contribution in [-0.4, -0.2) is 28.6 Å². The van der Waals surface area contributed by atoms with Crippen molar-refractivity contribution < 1.29 is 9.53 Å². The van der Waals surface area contributed by atoms with E-state index in [2.05, 4.69) is 54.1 Å². The number of nitrogens with zero attached hydrogens (tertiary/aromatic N) is 2. The summed E-state index contributed by atoms with van der Waals surface area (Å²) in [7, 11) is 0. The van der Waals surface area contributed by atoms with Crippen molar-refractivity contribution in [1.82, 2.24) is 14.9 Å². The molecule has 0 atom stereocenters. The van der Waals surface area contributed by atoms with E-state index in [1.807, 2.05) is 30.3 Å². The number of hydrogen-bond acceptors (Lipinski definition) is 3. The van der Waals surface area contributed by atoms with E-state index in [4.69, 9.17) is 21.3 Å². The lowest BCUT2D eigenvalue weighted by molar-refractivity contribution is 0.0953. The molecule has 0 saturated heterocycles. The second-order valence-corrected chi connectivity index (χ2v) is 9.66. The lowest BCUT2D eigenvalue weighted by Crippen LogP contribution is -2.24. The summed E-state index contributed by atoms with van der Waals surface area (Å²) < 4.78 is 8.49. The predicted molar refractivity (Wildman–Crippen MR) is 147 cm³/mol. The van der Waals surface area contributed by atoms with Gasteiger partial charge in [-0.2, -0.15) is 0 Å². The molecule has 0 spiro atoms. The standard InChI is InChI=1S/C30H34ClN3O2/c1-22(2)23-12-6-10-17-28(23)36-21-20-34-27-16-9-8-15-26(27)33-29(34)18-4-3-11-19-32-30(35)24-13-5-7-14-25(24)31/h5-10,12-17,22H,3-4,11,18-21H2,1-2H3,(H,32,35). The first-order valence-electron chi connectivity index (χ1n) is 12.7. The zero-order chi connectivity index (χ0) is 25.3. The normalized spacial score (nSPS) is 11.2. The van der Waals surface area contributed by atoms with Gasteiger partial charge in [0.05, 0.1) is 28.2 Å². The summed E-state index contributed by atoms with van der Waals surface area (Å²) in [6.45, 7) is 6.34. The Bertz CT molecular complexity index is 1300. The Morgan fingerprint density at radius 1 is 0.972 bits per heavy atom. The highest BCUT2D eigenvalue weighted by molar-refractivity contribution is 6.33. The van der Waals surface area contributed by atoms with Crippen molar-refractivity contribution in [2.24, 2.45) is 0 Å². The van der Waals surface area contributed by atoms with Crippen LogP contribution in [0.1, 0.15) is 60.8 Å². The van der Waals surface area contributed by atoms with Gasteiger partial charge in [-0.25, -0.2) is 4.98 Å². The van der Waals surface area contributed by atoms with Gasteiger partial charge in [-0.1, -0.05) is 74.3 Å². The second kappa shape index (κ2) is 12.6. The van der Waals surface area contributed by atoms with Crippen LogP contribution in [0.4, 0.5) is 0 Å². The van der Waals surface area contributed by atoms with E-state index in [0.29, 0.717) is 29.7 Å². The highest BCUT2D eigenvalue weighted by Crippen LogP contribution is 2.26. The van der Waals surface area contributed by atoms with E-state index < -0.39 is 0 Å². The van der Waals surface area contributed by atoms with E-state index in [-0.39, 0.29) is 5.91 Å². The molecule has 4 aromatic rings. The number of carbonyl (C=O) groups is 1. The highest BCUT2D eigenvalue weighted by atomic mass is 35.5. The number of unbranched alkanes of at least 4 members (excludes halogenated alkanes) is 2. The number of rotatable bonds is 12. The molecule has 0 unspecified atom stereocenters. The third-order valence-corrected chi connectivity index (χ3v) is 6.66. The Morgan fingerprint density at radius 2 is 1.72 bits per heavy atom. The third kappa shape index (κ3) is 6.46. The second-order valence-electron chi connectivity index (χ2n) is 9.26. The minimum absolute atomic E-state index is 0.124. The van der Waals surface area contributed by atoms with Crippen LogP contribution in [-0.2, 0) is 13.0 Å². The van der Waals surface area contributed by atoms with Gasteiger partial charge >= 0.3 is 0 Å². The van der Waals surface area contributed by atoms with Gasteiger partial charge in [-0.3, -0.25) is 4.79 Å². The molecule has 5 nitrogen and oxygen atoms in total.